The summed E-state index contributed by atoms with van der Waals surface area (Å²) in [5.41, 5.74) is 0. The van der Waals surface area contributed by atoms with E-state index in [2.05, 4.69) is 16.6 Å². The van der Waals surface area contributed by atoms with E-state index in [4.69, 9.17) is 0 Å². The maximum Gasteiger partial charge on any atom is 0.302 e. The van der Waals surface area contributed by atoms with Crippen LogP contribution >= 0.6 is 0 Å². The molecule has 0 bridgehead atoms. The number of rotatable bonds is 2. The molecule has 0 radical (unpaired) electrons. The van der Waals surface area contributed by atoms with E-state index in [1.165, 1.54) is 6.92 Å². The van der Waals surface area contributed by atoms with Gasteiger partial charge in [0.2, 0.25) is 0 Å². The fourth-order valence-electron chi connectivity index (χ4n) is 0.433. The highest BCUT2D eigenvalue weighted by molar-refractivity contribution is 5.65. The second-order valence-corrected chi connectivity index (χ2v) is 1.88. The van der Waals surface area contributed by atoms with Gasteiger partial charge in [-0.15, -0.1) is 0 Å². The lowest BCUT2D eigenvalue weighted by atomic mass is 10.4. The van der Waals surface area contributed by atoms with Gasteiger partial charge in [0.25, 0.3) is 0 Å². The number of allylic oxidation sites excluding steroid dienone is 1. The number of ether oxygens (including phenoxy) is 1. The minimum absolute atomic E-state index is 0.266. The van der Waals surface area contributed by atoms with Crippen LogP contribution in [0.25, 0.3) is 0 Å². The molecular weight excluding hydrogens is 140 g/mol. The lowest BCUT2D eigenvalue weighted by molar-refractivity contribution is -0.139. The van der Waals surface area contributed by atoms with Crippen LogP contribution in [0.15, 0.2) is 12.2 Å². The molecule has 0 atom stereocenters. The van der Waals surface area contributed by atoms with Crippen molar-refractivity contribution in [2.24, 2.45) is 0 Å². The molecule has 0 rings (SSSR count). The van der Waals surface area contributed by atoms with E-state index in [9.17, 15) is 4.79 Å². The number of carbonyl (C=O) groups is 1. The summed E-state index contributed by atoms with van der Waals surface area (Å²) in [5.74, 6) is 5.38. The Morgan fingerprint density at radius 1 is 1.64 bits per heavy atom. The van der Waals surface area contributed by atoms with Gasteiger partial charge in [-0.05, 0) is 12.2 Å². The monoisotopic (exact) mass is 152 g/mol. The van der Waals surface area contributed by atoms with Crippen molar-refractivity contribution in [3.8, 4) is 11.8 Å². The third-order valence-electron chi connectivity index (χ3n) is 0.863. The molecule has 0 N–H and O–H groups in total. The van der Waals surface area contributed by atoms with Crippen molar-refractivity contribution in [2.45, 2.75) is 20.3 Å². The van der Waals surface area contributed by atoms with Crippen molar-refractivity contribution >= 4 is 5.97 Å². The standard InChI is InChI=1S/C9H12O2/c1-3-4-5-6-7-8-11-9(2)10/h6-7H,3,8H2,1-2H3. The number of esters is 1. The summed E-state index contributed by atoms with van der Waals surface area (Å²) in [6.45, 7) is 3.67. The first-order valence-electron chi connectivity index (χ1n) is 3.54. The molecule has 0 aliphatic carbocycles. The molecule has 0 fully saturated rings. The zero-order chi connectivity index (χ0) is 8.53. The molecule has 11 heavy (non-hydrogen) atoms. The first-order valence-corrected chi connectivity index (χ1v) is 3.54. The summed E-state index contributed by atoms with van der Waals surface area (Å²) in [7, 11) is 0. The Labute approximate surface area is 67.2 Å². The third-order valence-corrected chi connectivity index (χ3v) is 0.863. The zero-order valence-corrected chi connectivity index (χ0v) is 6.89. The van der Waals surface area contributed by atoms with Crippen molar-refractivity contribution in [3.05, 3.63) is 12.2 Å². The van der Waals surface area contributed by atoms with Crippen molar-refractivity contribution in [1.82, 2.24) is 0 Å². The Balaban J connectivity index is 3.37. The summed E-state index contributed by atoms with van der Waals surface area (Å²) in [6.07, 6.45) is 4.24. The average molecular weight is 152 g/mol. The van der Waals surface area contributed by atoms with E-state index in [1.54, 1.807) is 12.2 Å². The second-order valence-electron chi connectivity index (χ2n) is 1.88. The molecule has 2 heteroatoms. The van der Waals surface area contributed by atoms with Gasteiger partial charge in [0, 0.05) is 13.3 Å². The molecule has 0 aliphatic rings. The smallest absolute Gasteiger partial charge is 0.302 e. The van der Waals surface area contributed by atoms with Crippen molar-refractivity contribution in [1.29, 1.82) is 0 Å². The molecule has 0 aromatic carbocycles. The summed E-state index contributed by atoms with van der Waals surface area (Å²) < 4.78 is 4.63. The van der Waals surface area contributed by atoms with E-state index >= 15 is 0 Å². The molecule has 0 aromatic rings. The van der Waals surface area contributed by atoms with Gasteiger partial charge in [-0.2, -0.15) is 0 Å². The Morgan fingerprint density at radius 3 is 2.91 bits per heavy atom. The fourth-order valence-corrected chi connectivity index (χ4v) is 0.433. The fraction of sp³-hybridized carbons (Fsp3) is 0.444. The largest absolute Gasteiger partial charge is 0.462 e. The van der Waals surface area contributed by atoms with Crippen LogP contribution in [0.2, 0.25) is 0 Å². The lowest BCUT2D eigenvalue weighted by Crippen LogP contribution is -1.96. The van der Waals surface area contributed by atoms with Gasteiger partial charge in [0.15, 0.2) is 0 Å². The van der Waals surface area contributed by atoms with Gasteiger partial charge in [0.1, 0.15) is 6.61 Å². The van der Waals surface area contributed by atoms with E-state index in [-0.39, 0.29) is 5.97 Å². The van der Waals surface area contributed by atoms with Crippen LogP contribution < -0.4 is 0 Å². The Kier molecular flexibility index (Phi) is 6.11. The lowest BCUT2D eigenvalue weighted by Gasteiger charge is -1.91. The van der Waals surface area contributed by atoms with Gasteiger partial charge >= 0.3 is 5.97 Å². The summed E-state index contributed by atoms with van der Waals surface area (Å²) in [4.78, 5) is 10.2. The van der Waals surface area contributed by atoms with E-state index in [0.717, 1.165) is 6.42 Å². The van der Waals surface area contributed by atoms with Crippen LogP contribution in [0.3, 0.4) is 0 Å². The summed E-state index contributed by atoms with van der Waals surface area (Å²) in [5, 5.41) is 0. The van der Waals surface area contributed by atoms with Crippen molar-refractivity contribution in [2.75, 3.05) is 6.61 Å². The first-order chi connectivity index (χ1) is 5.27. The minimum Gasteiger partial charge on any atom is -0.462 e. The molecule has 0 aromatic heterocycles. The van der Waals surface area contributed by atoms with Gasteiger partial charge in [-0.1, -0.05) is 18.8 Å². The molecule has 0 spiro atoms. The van der Waals surface area contributed by atoms with Crippen LogP contribution in [0.4, 0.5) is 0 Å². The molecular formula is C9H12O2. The predicted octanol–water partition coefficient (Wildman–Crippen LogP) is 1.52. The van der Waals surface area contributed by atoms with Crippen LogP contribution in [0.1, 0.15) is 20.3 Å². The summed E-state index contributed by atoms with van der Waals surface area (Å²) >= 11 is 0. The molecule has 0 amide bonds. The molecule has 60 valence electrons. The van der Waals surface area contributed by atoms with Crippen LogP contribution in [-0.4, -0.2) is 12.6 Å². The third kappa shape index (κ3) is 8.77. The molecule has 0 heterocycles. The highest BCUT2D eigenvalue weighted by Crippen LogP contribution is 1.78. The number of hydrogen-bond acceptors (Lipinski definition) is 2. The average Bonchev–Trinajstić information content (AvgIpc) is 1.96. The zero-order valence-electron chi connectivity index (χ0n) is 6.89. The minimum atomic E-state index is -0.266. The Bertz CT molecular complexity index is 193. The quantitative estimate of drug-likeness (QED) is 0.443. The highest BCUT2D eigenvalue weighted by atomic mass is 16.5. The predicted molar refractivity (Wildman–Crippen MR) is 43.8 cm³/mol. The molecule has 0 saturated heterocycles. The van der Waals surface area contributed by atoms with Crippen molar-refractivity contribution in [3.63, 3.8) is 0 Å². The molecule has 0 aliphatic heterocycles. The Morgan fingerprint density at radius 2 is 2.36 bits per heavy atom. The SMILES string of the molecule is CCC#CC=CCOC(C)=O. The van der Waals surface area contributed by atoms with Crippen LogP contribution in [0.5, 0.6) is 0 Å². The maximum absolute atomic E-state index is 10.2. The van der Waals surface area contributed by atoms with Gasteiger partial charge in [-0.25, -0.2) is 0 Å². The van der Waals surface area contributed by atoms with Gasteiger partial charge in [0.05, 0.1) is 0 Å². The molecule has 2 nitrogen and oxygen atoms in total. The van der Waals surface area contributed by atoms with Crippen LogP contribution in [0, 0.1) is 11.8 Å². The van der Waals surface area contributed by atoms with E-state index < -0.39 is 0 Å². The number of hydrogen-bond donors (Lipinski definition) is 0. The maximum atomic E-state index is 10.2. The highest BCUT2D eigenvalue weighted by Gasteiger charge is 1.84. The second kappa shape index (κ2) is 6.88. The van der Waals surface area contributed by atoms with E-state index in [0.29, 0.717) is 6.61 Å². The van der Waals surface area contributed by atoms with Crippen LogP contribution in [-0.2, 0) is 9.53 Å². The topological polar surface area (TPSA) is 26.3 Å². The van der Waals surface area contributed by atoms with Gasteiger partial charge < -0.3 is 4.74 Å². The summed E-state index contributed by atoms with van der Waals surface area (Å²) in [6, 6.07) is 0. The van der Waals surface area contributed by atoms with Gasteiger partial charge in [-0.3, -0.25) is 4.79 Å². The Hall–Kier alpha value is -1.23. The first kappa shape index (κ1) is 9.77. The van der Waals surface area contributed by atoms with Crippen molar-refractivity contribution < 1.29 is 9.53 Å². The molecule has 0 saturated carbocycles. The number of carbonyl (C=O) groups excluding carboxylic acids is 1. The van der Waals surface area contributed by atoms with E-state index in [1.807, 2.05) is 6.92 Å². The normalized spacial score (nSPS) is 8.91. The molecule has 0 unspecified atom stereocenters.